The molecule has 0 unspecified atom stereocenters. The Balaban J connectivity index is 1.41. The topological polar surface area (TPSA) is 82.7 Å². The second kappa shape index (κ2) is 11.3. The van der Waals surface area contributed by atoms with Crippen LogP contribution in [-0.4, -0.2) is 37.1 Å². The molecule has 0 bridgehead atoms. The van der Waals surface area contributed by atoms with E-state index >= 15 is 0 Å². The molecule has 1 fully saturated rings. The third-order valence-corrected chi connectivity index (χ3v) is 7.35. The summed E-state index contributed by atoms with van der Waals surface area (Å²) in [5, 5.41) is 10.2. The Morgan fingerprint density at radius 1 is 0.842 bits per heavy atom. The molecule has 0 spiro atoms. The van der Waals surface area contributed by atoms with Gasteiger partial charge in [0, 0.05) is 61.9 Å². The van der Waals surface area contributed by atoms with E-state index in [-0.39, 0.29) is 23.9 Å². The molecule has 0 radical (unpaired) electrons. The average molecular weight is 513 g/mol. The van der Waals surface area contributed by atoms with E-state index in [0.717, 1.165) is 71.9 Å². The van der Waals surface area contributed by atoms with Crippen LogP contribution in [-0.2, 0) is 14.3 Å². The van der Waals surface area contributed by atoms with Gasteiger partial charge in [-0.05, 0) is 91.4 Å². The van der Waals surface area contributed by atoms with Crippen LogP contribution in [0, 0.1) is 0 Å². The predicted octanol–water partition coefficient (Wildman–Crippen LogP) is 6.20. The number of amides is 2. The van der Waals surface area contributed by atoms with E-state index in [2.05, 4.69) is 53.2 Å². The highest BCUT2D eigenvalue weighted by atomic mass is 16.5. The molecule has 3 N–H and O–H groups in total. The van der Waals surface area contributed by atoms with Crippen LogP contribution in [0.5, 0.6) is 0 Å². The summed E-state index contributed by atoms with van der Waals surface area (Å²) in [6.45, 7) is 6.86. The normalized spacial score (nSPS) is 19.4. The number of ether oxygens (including phenoxy) is 1. The maximum atomic E-state index is 12.6. The molecule has 7 nitrogen and oxygen atoms in total. The molecular formula is C31H36N4O3. The van der Waals surface area contributed by atoms with Crippen LogP contribution >= 0.6 is 0 Å². The first-order chi connectivity index (χ1) is 18.4. The fraction of sp³-hybridized carbons (Fsp3) is 0.355. The number of hydrogen-bond acceptors (Lipinski definition) is 5. The van der Waals surface area contributed by atoms with Crippen LogP contribution in [0.2, 0.25) is 0 Å². The maximum absolute atomic E-state index is 12.6. The van der Waals surface area contributed by atoms with Gasteiger partial charge in [0.2, 0.25) is 11.8 Å². The lowest BCUT2D eigenvalue weighted by Gasteiger charge is -2.40. The second-order valence-corrected chi connectivity index (χ2v) is 10.3. The molecule has 2 heterocycles. The lowest BCUT2D eigenvalue weighted by Crippen LogP contribution is -2.43. The molecule has 38 heavy (non-hydrogen) atoms. The molecule has 0 aliphatic carbocycles. The molecule has 198 valence electrons. The molecule has 2 atom stereocenters. The Labute approximate surface area is 224 Å². The van der Waals surface area contributed by atoms with Crippen molar-refractivity contribution in [2.45, 2.75) is 58.2 Å². The maximum Gasteiger partial charge on any atom is 0.224 e. The van der Waals surface area contributed by atoms with Gasteiger partial charge in [0.25, 0.3) is 0 Å². The molecule has 0 saturated carbocycles. The van der Waals surface area contributed by atoms with Gasteiger partial charge in [-0.3, -0.25) is 9.59 Å². The first kappa shape index (κ1) is 25.8. The third kappa shape index (κ3) is 5.83. The largest absolute Gasteiger partial charge is 0.382 e. The van der Waals surface area contributed by atoms with Crippen molar-refractivity contribution in [3.63, 3.8) is 0 Å². The van der Waals surface area contributed by atoms with E-state index in [1.54, 1.807) is 6.92 Å². The Morgan fingerprint density at radius 2 is 1.53 bits per heavy atom. The molecule has 1 saturated heterocycles. The van der Waals surface area contributed by atoms with Gasteiger partial charge in [-0.2, -0.15) is 0 Å². The van der Waals surface area contributed by atoms with Gasteiger partial charge in [0.1, 0.15) is 0 Å². The molecule has 2 aliphatic heterocycles. The zero-order valence-corrected chi connectivity index (χ0v) is 22.3. The summed E-state index contributed by atoms with van der Waals surface area (Å²) in [5.41, 5.74) is 6.99. The average Bonchev–Trinajstić information content (AvgIpc) is 2.90. The number of carbonyl (C=O) groups excluding carboxylic acids is 2. The predicted molar refractivity (Wildman–Crippen MR) is 154 cm³/mol. The van der Waals surface area contributed by atoms with E-state index in [1.165, 1.54) is 6.92 Å². The van der Waals surface area contributed by atoms with Crippen molar-refractivity contribution >= 4 is 34.6 Å². The zero-order valence-electron chi connectivity index (χ0n) is 22.3. The van der Waals surface area contributed by atoms with Crippen molar-refractivity contribution < 1.29 is 14.3 Å². The van der Waals surface area contributed by atoms with Gasteiger partial charge in [-0.15, -0.1) is 0 Å². The van der Waals surface area contributed by atoms with E-state index in [0.29, 0.717) is 6.04 Å². The Bertz CT molecular complexity index is 1300. The number of fused-ring (bicyclic) bond motifs is 1. The summed E-state index contributed by atoms with van der Waals surface area (Å²) >= 11 is 0. The quantitative estimate of drug-likeness (QED) is 0.366. The molecule has 2 amide bonds. The van der Waals surface area contributed by atoms with Crippen LogP contribution in [0.4, 0.5) is 22.7 Å². The number of benzene rings is 3. The summed E-state index contributed by atoms with van der Waals surface area (Å²) in [6, 6.07) is 23.1. The molecule has 3 aromatic rings. The van der Waals surface area contributed by atoms with Crippen LogP contribution in [0.3, 0.4) is 0 Å². The fourth-order valence-corrected chi connectivity index (χ4v) is 5.58. The van der Waals surface area contributed by atoms with Crippen LogP contribution in [0.1, 0.15) is 51.6 Å². The molecule has 0 aromatic heterocycles. The highest BCUT2D eigenvalue weighted by molar-refractivity contribution is 5.94. The van der Waals surface area contributed by atoms with Crippen molar-refractivity contribution in [3.8, 4) is 11.1 Å². The van der Waals surface area contributed by atoms with E-state index < -0.39 is 0 Å². The molecule has 3 aromatic carbocycles. The summed E-state index contributed by atoms with van der Waals surface area (Å²) in [5.74, 6) is -0.0573. The van der Waals surface area contributed by atoms with E-state index in [9.17, 15) is 9.59 Å². The minimum atomic E-state index is -0.100. The SMILES string of the molecule is CC(=O)Nc1cccc(-c2ccc3c(c2)[C@H](Nc2ccc(NC4CCOCC4)cc2)C[C@H](C)N3C(C)=O)c1. The minimum Gasteiger partial charge on any atom is -0.382 e. The molecule has 7 heteroatoms. The number of carbonyl (C=O) groups is 2. The van der Waals surface area contributed by atoms with Gasteiger partial charge >= 0.3 is 0 Å². The van der Waals surface area contributed by atoms with Gasteiger partial charge in [0.15, 0.2) is 0 Å². The van der Waals surface area contributed by atoms with E-state index in [4.69, 9.17) is 4.74 Å². The standard InChI is InChI=1S/C31H36N4O3/c1-20-17-30(34-26-10-8-25(9-11-26)33-27-13-15-38-16-14-27)29-19-24(7-12-31(29)35(20)22(3)37)23-5-4-6-28(18-23)32-21(2)36/h4-12,18-20,27,30,33-34H,13-17H2,1-3H3,(H,32,36)/t20-,30+/m0/s1. The Morgan fingerprint density at radius 3 is 2.21 bits per heavy atom. The van der Waals surface area contributed by atoms with Crippen molar-refractivity contribution in [2.75, 3.05) is 34.1 Å². The number of rotatable bonds is 6. The first-order valence-electron chi connectivity index (χ1n) is 13.4. The monoisotopic (exact) mass is 512 g/mol. The number of anilines is 4. The van der Waals surface area contributed by atoms with Crippen LogP contribution < -0.4 is 20.9 Å². The van der Waals surface area contributed by atoms with Gasteiger partial charge < -0.3 is 25.6 Å². The lowest BCUT2D eigenvalue weighted by molar-refractivity contribution is -0.117. The summed E-state index contributed by atoms with van der Waals surface area (Å²) in [4.78, 5) is 26.0. The lowest BCUT2D eigenvalue weighted by atomic mass is 9.88. The van der Waals surface area contributed by atoms with Crippen molar-refractivity contribution in [1.82, 2.24) is 0 Å². The van der Waals surface area contributed by atoms with Crippen molar-refractivity contribution in [2.24, 2.45) is 0 Å². The van der Waals surface area contributed by atoms with Gasteiger partial charge in [-0.25, -0.2) is 0 Å². The molecule has 2 aliphatic rings. The third-order valence-electron chi connectivity index (χ3n) is 7.35. The zero-order chi connectivity index (χ0) is 26.6. The summed E-state index contributed by atoms with van der Waals surface area (Å²) in [7, 11) is 0. The van der Waals surface area contributed by atoms with Crippen LogP contribution in [0.15, 0.2) is 66.7 Å². The van der Waals surface area contributed by atoms with E-state index in [1.807, 2.05) is 41.3 Å². The number of hydrogen-bond donors (Lipinski definition) is 3. The number of nitrogens with zero attached hydrogens (tertiary/aromatic N) is 1. The first-order valence-corrected chi connectivity index (χ1v) is 13.4. The second-order valence-electron chi connectivity index (χ2n) is 10.3. The van der Waals surface area contributed by atoms with Crippen LogP contribution in [0.25, 0.3) is 11.1 Å². The highest BCUT2D eigenvalue weighted by Crippen LogP contribution is 2.41. The highest BCUT2D eigenvalue weighted by Gasteiger charge is 2.32. The van der Waals surface area contributed by atoms with Gasteiger partial charge in [0.05, 0.1) is 6.04 Å². The Kier molecular flexibility index (Phi) is 7.65. The molecule has 5 rings (SSSR count). The smallest absolute Gasteiger partial charge is 0.224 e. The Hall–Kier alpha value is -3.84. The van der Waals surface area contributed by atoms with Gasteiger partial charge in [-0.1, -0.05) is 18.2 Å². The van der Waals surface area contributed by atoms with Crippen molar-refractivity contribution in [1.29, 1.82) is 0 Å². The molecular weight excluding hydrogens is 476 g/mol. The summed E-state index contributed by atoms with van der Waals surface area (Å²) in [6.07, 6.45) is 2.85. The minimum absolute atomic E-state index is 0.0427. The number of nitrogens with one attached hydrogen (secondary N) is 3. The fourth-order valence-electron chi connectivity index (χ4n) is 5.58. The summed E-state index contributed by atoms with van der Waals surface area (Å²) < 4.78 is 5.47. The van der Waals surface area contributed by atoms with Crippen molar-refractivity contribution in [3.05, 3.63) is 72.3 Å².